The maximum Gasteiger partial charge on any atom is 0.328 e. The molecule has 0 saturated heterocycles. The van der Waals surface area contributed by atoms with Crippen molar-refractivity contribution in [2.24, 2.45) is 0 Å². The van der Waals surface area contributed by atoms with Gasteiger partial charge in [-0.15, -0.1) is 5.10 Å². The Labute approximate surface area is 123 Å². The number of ether oxygens (including phenoxy) is 1. The minimum absolute atomic E-state index is 0.293. The topological polar surface area (TPSA) is 99.0 Å². The molecule has 0 aliphatic heterocycles. The molecule has 0 radical (unpaired) electrons. The Morgan fingerprint density at radius 3 is 2.64 bits per heavy atom. The van der Waals surface area contributed by atoms with E-state index in [1.54, 1.807) is 0 Å². The van der Waals surface area contributed by atoms with Crippen LogP contribution in [0.4, 0.5) is 14.5 Å². The summed E-state index contributed by atoms with van der Waals surface area (Å²) in [6.07, 6.45) is -0.0521. The first-order chi connectivity index (χ1) is 10.5. The normalized spacial score (nSPS) is 11.8. The van der Waals surface area contributed by atoms with E-state index in [2.05, 4.69) is 15.5 Å². The lowest BCUT2D eigenvalue weighted by Gasteiger charge is -2.14. The Morgan fingerprint density at radius 1 is 1.36 bits per heavy atom. The van der Waals surface area contributed by atoms with Crippen molar-refractivity contribution in [1.82, 2.24) is 20.2 Å². The van der Waals surface area contributed by atoms with Crippen LogP contribution in [0.1, 0.15) is 6.92 Å². The number of aromatic nitrogens is 4. The van der Waals surface area contributed by atoms with Crippen LogP contribution in [0.5, 0.6) is 0 Å². The van der Waals surface area contributed by atoms with Crippen LogP contribution >= 0.6 is 0 Å². The summed E-state index contributed by atoms with van der Waals surface area (Å²) < 4.78 is 32.7. The number of esters is 1. The van der Waals surface area contributed by atoms with Gasteiger partial charge in [0.1, 0.15) is 30.2 Å². The van der Waals surface area contributed by atoms with E-state index in [1.165, 1.54) is 13.3 Å². The standard InChI is InChI=1S/C12H11F2N5O3/c1-7(22-10(20)5-19-6-15-17-18-19)12(21)16-11-8(13)3-2-4-9(11)14/h2-4,6-7H,5H2,1H3,(H,16,21)/t7-/m0/s1. The lowest BCUT2D eigenvalue weighted by atomic mass is 10.2. The molecule has 1 atom stereocenters. The number of rotatable bonds is 5. The number of hydrogen-bond acceptors (Lipinski definition) is 6. The molecule has 0 saturated carbocycles. The zero-order valence-corrected chi connectivity index (χ0v) is 11.4. The number of benzene rings is 1. The maximum atomic E-state index is 13.4. The summed E-state index contributed by atoms with van der Waals surface area (Å²) in [6, 6.07) is 3.15. The first-order valence-electron chi connectivity index (χ1n) is 6.12. The van der Waals surface area contributed by atoms with Crippen LogP contribution in [0, 0.1) is 11.6 Å². The van der Waals surface area contributed by atoms with E-state index >= 15 is 0 Å². The molecule has 1 aromatic heterocycles. The van der Waals surface area contributed by atoms with E-state index in [1.807, 2.05) is 5.32 Å². The zero-order chi connectivity index (χ0) is 16.1. The SMILES string of the molecule is C[C@H](OC(=O)Cn1cnnn1)C(=O)Nc1c(F)cccc1F. The van der Waals surface area contributed by atoms with Gasteiger partial charge in [-0.2, -0.15) is 0 Å². The summed E-state index contributed by atoms with van der Waals surface area (Å²) in [4.78, 5) is 23.3. The monoisotopic (exact) mass is 311 g/mol. The van der Waals surface area contributed by atoms with Crippen LogP contribution < -0.4 is 5.32 Å². The molecule has 0 bridgehead atoms. The van der Waals surface area contributed by atoms with Gasteiger partial charge in [0.2, 0.25) is 0 Å². The number of carbonyl (C=O) groups excluding carboxylic acids is 2. The van der Waals surface area contributed by atoms with Crippen LogP contribution in [0.15, 0.2) is 24.5 Å². The molecule has 1 amide bonds. The van der Waals surface area contributed by atoms with Crippen LogP contribution in [-0.4, -0.2) is 38.2 Å². The maximum absolute atomic E-state index is 13.4. The highest BCUT2D eigenvalue weighted by Gasteiger charge is 2.21. The second kappa shape index (κ2) is 6.70. The molecule has 116 valence electrons. The fourth-order valence-electron chi connectivity index (χ4n) is 1.52. The van der Waals surface area contributed by atoms with Gasteiger partial charge in [0, 0.05) is 0 Å². The number of amides is 1. The molecule has 1 aromatic carbocycles. The van der Waals surface area contributed by atoms with Gasteiger partial charge in [0.25, 0.3) is 5.91 Å². The van der Waals surface area contributed by atoms with Gasteiger partial charge in [0.05, 0.1) is 0 Å². The molecule has 0 fully saturated rings. The predicted octanol–water partition coefficient (Wildman–Crippen LogP) is 0.522. The Kier molecular flexibility index (Phi) is 4.71. The molecule has 0 spiro atoms. The van der Waals surface area contributed by atoms with E-state index in [9.17, 15) is 18.4 Å². The van der Waals surface area contributed by atoms with E-state index in [4.69, 9.17) is 4.74 Å². The molecule has 2 aromatic rings. The summed E-state index contributed by atoms with van der Waals surface area (Å²) in [6.45, 7) is 0.976. The smallest absolute Gasteiger partial charge is 0.328 e. The molecule has 22 heavy (non-hydrogen) atoms. The minimum Gasteiger partial charge on any atom is -0.451 e. The van der Waals surface area contributed by atoms with Gasteiger partial charge in [-0.3, -0.25) is 9.59 Å². The van der Waals surface area contributed by atoms with Crippen molar-refractivity contribution in [3.63, 3.8) is 0 Å². The average Bonchev–Trinajstić information content (AvgIpc) is 2.95. The molecule has 10 heteroatoms. The van der Waals surface area contributed by atoms with Crippen molar-refractivity contribution in [2.45, 2.75) is 19.6 Å². The molecular formula is C12H11F2N5O3. The quantitative estimate of drug-likeness (QED) is 0.808. The summed E-state index contributed by atoms with van der Waals surface area (Å²) in [5, 5.41) is 12.1. The number of para-hydroxylation sites is 1. The van der Waals surface area contributed by atoms with Crippen LogP contribution in [0.2, 0.25) is 0 Å². The minimum atomic E-state index is -1.25. The first-order valence-corrected chi connectivity index (χ1v) is 6.12. The van der Waals surface area contributed by atoms with Gasteiger partial charge >= 0.3 is 5.97 Å². The van der Waals surface area contributed by atoms with E-state index in [0.29, 0.717) is 0 Å². The number of anilines is 1. The van der Waals surface area contributed by atoms with E-state index in [-0.39, 0.29) is 6.54 Å². The molecule has 0 aliphatic rings. The van der Waals surface area contributed by atoms with Gasteiger partial charge in [-0.05, 0) is 29.5 Å². The molecule has 0 unspecified atom stereocenters. The fourth-order valence-corrected chi connectivity index (χ4v) is 1.52. The largest absolute Gasteiger partial charge is 0.451 e. The van der Waals surface area contributed by atoms with Crippen molar-refractivity contribution in [2.75, 3.05) is 5.32 Å². The van der Waals surface area contributed by atoms with Gasteiger partial charge in [0.15, 0.2) is 6.10 Å². The number of carbonyl (C=O) groups is 2. The highest BCUT2D eigenvalue weighted by molar-refractivity contribution is 5.95. The molecule has 1 heterocycles. The Balaban J connectivity index is 1.93. The third kappa shape index (κ3) is 3.81. The Morgan fingerprint density at radius 2 is 2.05 bits per heavy atom. The van der Waals surface area contributed by atoms with E-state index in [0.717, 1.165) is 22.9 Å². The number of halogens is 2. The van der Waals surface area contributed by atoms with Crippen LogP contribution in [-0.2, 0) is 20.9 Å². The molecular weight excluding hydrogens is 300 g/mol. The summed E-state index contributed by atoms with van der Waals surface area (Å²) in [5.41, 5.74) is -0.601. The number of tetrazole rings is 1. The lowest BCUT2D eigenvalue weighted by Crippen LogP contribution is -2.31. The lowest BCUT2D eigenvalue weighted by molar-refractivity contribution is -0.154. The third-order valence-corrected chi connectivity index (χ3v) is 2.57. The predicted molar refractivity (Wildman–Crippen MR) is 68.4 cm³/mol. The van der Waals surface area contributed by atoms with Crippen molar-refractivity contribution in [3.8, 4) is 0 Å². The third-order valence-electron chi connectivity index (χ3n) is 2.57. The van der Waals surface area contributed by atoms with Gasteiger partial charge in [-0.25, -0.2) is 13.5 Å². The molecule has 8 nitrogen and oxygen atoms in total. The number of nitrogens with zero attached hydrogens (tertiary/aromatic N) is 4. The Bertz CT molecular complexity index is 657. The fraction of sp³-hybridized carbons (Fsp3) is 0.250. The van der Waals surface area contributed by atoms with E-state index < -0.39 is 35.3 Å². The first kappa shape index (κ1) is 15.5. The second-order valence-corrected chi connectivity index (χ2v) is 4.23. The highest BCUT2D eigenvalue weighted by Crippen LogP contribution is 2.18. The van der Waals surface area contributed by atoms with Crippen LogP contribution in [0.3, 0.4) is 0 Å². The van der Waals surface area contributed by atoms with Gasteiger partial charge in [-0.1, -0.05) is 6.07 Å². The highest BCUT2D eigenvalue weighted by atomic mass is 19.1. The van der Waals surface area contributed by atoms with Gasteiger partial charge < -0.3 is 10.1 Å². The summed E-state index contributed by atoms with van der Waals surface area (Å²) in [7, 11) is 0. The number of hydrogen-bond donors (Lipinski definition) is 1. The van der Waals surface area contributed by atoms with Crippen LogP contribution in [0.25, 0.3) is 0 Å². The zero-order valence-electron chi connectivity index (χ0n) is 11.4. The van der Waals surface area contributed by atoms with Crippen molar-refractivity contribution < 1.29 is 23.1 Å². The summed E-state index contributed by atoms with van der Waals surface area (Å²) in [5.74, 6) is -3.50. The van der Waals surface area contributed by atoms with Crippen molar-refractivity contribution in [1.29, 1.82) is 0 Å². The van der Waals surface area contributed by atoms with Crippen molar-refractivity contribution >= 4 is 17.6 Å². The van der Waals surface area contributed by atoms with Crippen molar-refractivity contribution in [3.05, 3.63) is 36.2 Å². The second-order valence-electron chi connectivity index (χ2n) is 4.23. The average molecular weight is 311 g/mol. The molecule has 0 aliphatic carbocycles. The number of nitrogens with one attached hydrogen (secondary N) is 1. The summed E-state index contributed by atoms with van der Waals surface area (Å²) >= 11 is 0. The molecule has 1 N–H and O–H groups in total. The Hall–Kier alpha value is -2.91. The molecule has 2 rings (SSSR count).